The van der Waals surface area contributed by atoms with Crippen LogP contribution in [0.2, 0.25) is 0 Å². The number of carbonyl (C=O) groups is 1. The van der Waals surface area contributed by atoms with Crippen molar-refractivity contribution >= 4 is 5.91 Å². The lowest BCUT2D eigenvalue weighted by Gasteiger charge is -2.27. The Morgan fingerprint density at radius 3 is 2.89 bits per heavy atom. The number of likely N-dealkylation sites (tertiary alicyclic amines) is 1. The van der Waals surface area contributed by atoms with Gasteiger partial charge in [-0.25, -0.2) is 8.78 Å². The monoisotopic (exact) mass is 266 g/mol. The van der Waals surface area contributed by atoms with Crippen molar-refractivity contribution in [2.45, 2.75) is 25.4 Å². The van der Waals surface area contributed by atoms with E-state index in [1.807, 2.05) is 6.92 Å². The molecule has 2 aliphatic rings. The molecule has 0 aliphatic carbocycles. The van der Waals surface area contributed by atoms with Gasteiger partial charge in [-0.05, 0) is 31.4 Å². The minimum atomic E-state index is -0.786. The van der Waals surface area contributed by atoms with Crippen LogP contribution < -0.4 is 5.32 Å². The molecule has 102 valence electrons. The summed E-state index contributed by atoms with van der Waals surface area (Å²) in [4.78, 5) is 14.2. The molecule has 0 spiro atoms. The fraction of sp³-hybridized carbons (Fsp3) is 0.500. The van der Waals surface area contributed by atoms with Crippen LogP contribution >= 0.6 is 0 Å². The van der Waals surface area contributed by atoms with Crippen LogP contribution in [0.5, 0.6) is 0 Å². The number of benzene rings is 1. The van der Waals surface area contributed by atoms with Crippen LogP contribution in [0, 0.1) is 17.6 Å². The molecule has 1 N–H and O–H groups in total. The second-order valence-electron chi connectivity index (χ2n) is 5.41. The second kappa shape index (κ2) is 4.56. The summed E-state index contributed by atoms with van der Waals surface area (Å²) in [6.45, 7) is 3.64. The second-order valence-corrected chi connectivity index (χ2v) is 5.41. The molecule has 1 amide bonds. The van der Waals surface area contributed by atoms with E-state index in [2.05, 4.69) is 5.32 Å². The predicted molar refractivity (Wildman–Crippen MR) is 66.8 cm³/mol. The minimum absolute atomic E-state index is 0.0409. The maximum Gasteiger partial charge on any atom is 0.257 e. The minimum Gasteiger partial charge on any atom is -0.331 e. The van der Waals surface area contributed by atoms with Crippen molar-refractivity contribution in [3.8, 4) is 0 Å². The first-order valence-electron chi connectivity index (χ1n) is 6.56. The molecule has 0 aromatic heterocycles. The number of hydrogen-bond acceptors (Lipinski definition) is 2. The summed E-state index contributed by atoms with van der Waals surface area (Å²) in [6.07, 6.45) is 0.937. The number of nitrogens with one attached hydrogen (secondary N) is 1. The van der Waals surface area contributed by atoms with E-state index < -0.39 is 11.6 Å². The molecular weight excluding hydrogens is 250 g/mol. The van der Waals surface area contributed by atoms with E-state index in [0.29, 0.717) is 5.92 Å². The van der Waals surface area contributed by atoms with E-state index in [0.717, 1.165) is 31.6 Å². The van der Waals surface area contributed by atoms with Gasteiger partial charge in [0.15, 0.2) is 0 Å². The van der Waals surface area contributed by atoms with Gasteiger partial charge >= 0.3 is 0 Å². The Balaban J connectivity index is 1.90. The van der Waals surface area contributed by atoms with Crippen molar-refractivity contribution in [3.05, 3.63) is 35.4 Å². The maximum atomic E-state index is 13.7. The van der Waals surface area contributed by atoms with Gasteiger partial charge in [-0.15, -0.1) is 0 Å². The Hall–Kier alpha value is -1.49. The first-order chi connectivity index (χ1) is 9.08. The average molecular weight is 266 g/mol. The Morgan fingerprint density at radius 2 is 2.16 bits per heavy atom. The lowest BCUT2D eigenvalue weighted by Crippen LogP contribution is -2.43. The molecule has 3 nitrogen and oxygen atoms in total. The Kier molecular flexibility index (Phi) is 3.01. The van der Waals surface area contributed by atoms with Crippen LogP contribution in [0.25, 0.3) is 0 Å². The fourth-order valence-corrected chi connectivity index (χ4v) is 3.32. The number of fused-ring (bicyclic) bond motifs is 1. The van der Waals surface area contributed by atoms with Crippen molar-refractivity contribution in [2.24, 2.45) is 5.92 Å². The lowest BCUT2D eigenvalue weighted by molar-refractivity contribution is 0.0677. The molecule has 2 aliphatic heterocycles. The van der Waals surface area contributed by atoms with E-state index in [1.54, 1.807) is 4.90 Å². The normalized spacial score (nSPS) is 29.6. The van der Waals surface area contributed by atoms with Crippen LogP contribution in [0.4, 0.5) is 8.78 Å². The summed E-state index contributed by atoms with van der Waals surface area (Å²) in [6, 6.07) is 3.36. The van der Waals surface area contributed by atoms with Gasteiger partial charge in [0.05, 0.1) is 5.56 Å². The van der Waals surface area contributed by atoms with Crippen LogP contribution in [0.1, 0.15) is 23.7 Å². The molecule has 3 unspecified atom stereocenters. The van der Waals surface area contributed by atoms with Gasteiger partial charge in [0.1, 0.15) is 11.6 Å². The van der Waals surface area contributed by atoms with Crippen LogP contribution in [-0.2, 0) is 0 Å². The molecule has 1 aromatic rings. The highest BCUT2D eigenvalue weighted by Crippen LogP contribution is 2.33. The zero-order valence-corrected chi connectivity index (χ0v) is 10.7. The van der Waals surface area contributed by atoms with Gasteiger partial charge in [0.2, 0.25) is 0 Å². The third-order valence-corrected chi connectivity index (χ3v) is 4.18. The number of hydrogen-bond donors (Lipinski definition) is 1. The molecule has 0 bridgehead atoms. The summed E-state index contributed by atoms with van der Waals surface area (Å²) in [5.74, 6) is -1.33. The first-order valence-corrected chi connectivity index (χ1v) is 6.56. The molecule has 3 atom stereocenters. The van der Waals surface area contributed by atoms with Gasteiger partial charge < -0.3 is 10.2 Å². The van der Waals surface area contributed by atoms with Crippen molar-refractivity contribution in [1.82, 2.24) is 10.2 Å². The van der Waals surface area contributed by atoms with Crippen molar-refractivity contribution in [1.29, 1.82) is 0 Å². The number of carbonyl (C=O) groups excluding carboxylic acids is 1. The van der Waals surface area contributed by atoms with Gasteiger partial charge in [-0.3, -0.25) is 4.79 Å². The van der Waals surface area contributed by atoms with E-state index in [9.17, 15) is 13.6 Å². The molecule has 19 heavy (non-hydrogen) atoms. The van der Waals surface area contributed by atoms with Crippen LogP contribution in [-0.4, -0.2) is 36.0 Å². The molecular formula is C14H16F2N2O. The SMILES string of the molecule is CC1CC2CNCC2N1C(=O)c1ccc(F)cc1F. The van der Waals surface area contributed by atoms with Crippen LogP contribution in [0.3, 0.4) is 0 Å². The third-order valence-electron chi connectivity index (χ3n) is 4.18. The molecule has 2 heterocycles. The van der Waals surface area contributed by atoms with Crippen molar-refractivity contribution < 1.29 is 13.6 Å². The Labute approximate surface area is 110 Å². The van der Waals surface area contributed by atoms with Gasteiger partial charge in [-0.2, -0.15) is 0 Å². The Morgan fingerprint density at radius 1 is 1.37 bits per heavy atom. The predicted octanol–water partition coefficient (Wildman–Crippen LogP) is 1.79. The summed E-state index contributed by atoms with van der Waals surface area (Å²) in [5, 5.41) is 3.26. The van der Waals surface area contributed by atoms with E-state index in [4.69, 9.17) is 0 Å². The summed E-state index contributed by atoms with van der Waals surface area (Å²) < 4.78 is 26.6. The maximum absolute atomic E-state index is 13.7. The van der Waals surface area contributed by atoms with E-state index >= 15 is 0 Å². The quantitative estimate of drug-likeness (QED) is 0.840. The summed E-state index contributed by atoms with van der Waals surface area (Å²) in [5.41, 5.74) is -0.0409. The van der Waals surface area contributed by atoms with Crippen LogP contribution in [0.15, 0.2) is 18.2 Å². The van der Waals surface area contributed by atoms with Gasteiger partial charge in [0.25, 0.3) is 5.91 Å². The average Bonchev–Trinajstić information content (AvgIpc) is 2.87. The third kappa shape index (κ3) is 2.02. The van der Waals surface area contributed by atoms with Crippen molar-refractivity contribution in [2.75, 3.05) is 13.1 Å². The zero-order valence-electron chi connectivity index (χ0n) is 10.7. The first kappa shape index (κ1) is 12.5. The highest BCUT2D eigenvalue weighted by atomic mass is 19.1. The number of nitrogens with zero attached hydrogens (tertiary/aromatic N) is 1. The van der Waals surface area contributed by atoms with E-state index in [-0.39, 0.29) is 23.6 Å². The van der Waals surface area contributed by atoms with Gasteiger partial charge in [-0.1, -0.05) is 0 Å². The number of amides is 1. The Bertz CT molecular complexity index is 520. The molecule has 1 aromatic carbocycles. The molecule has 2 saturated heterocycles. The lowest BCUT2D eigenvalue weighted by atomic mass is 10.0. The number of rotatable bonds is 1. The van der Waals surface area contributed by atoms with E-state index in [1.165, 1.54) is 6.07 Å². The molecule has 5 heteroatoms. The topological polar surface area (TPSA) is 32.3 Å². The zero-order chi connectivity index (χ0) is 13.6. The molecule has 0 saturated carbocycles. The van der Waals surface area contributed by atoms with Gasteiger partial charge in [0, 0.05) is 31.2 Å². The fourth-order valence-electron chi connectivity index (χ4n) is 3.32. The molecule has 2 fully saturated rings. The molecule has 3 rings (SSSR count). The molecule has 0 radical (unpaired) electrons. The van der Waals surface area contributed by atoms with Crippen molar-refractivity contribution in [3.63, 3.8) is 0 Å². The summed E-state index contributed by atoms with van der Waals surface area (Å²) in [7, 11) is 0. The largest absolute Gasteiger partial charge is 0.331 e. The standard InChI is InChI=1S/C14H16F2N2O/c1-8-4-9-6-17-7-13(9)18(8)14(19)11-3-2-10(15)5-12(11)16/h2-3,5,8-9,13,17H,4,6-7H2,1H3. The highest BCUT2D eigenvalue weighted by molar-refractivity contribution is 5.95. The smallest absolute Gasteiger partial charge is 0.257 e. The number of halogens is 2. The highest BCUT2D eigenvalue weighted by Gasteiger charge is 2.44. The summed E-state index contributed by atoms with van der Waals surface area (Å²) >= 11 is 0.